The van der Waals surface area contributed by atoms with Crippen LogP contribution in [0.15, 0.2) is 0 Å². The molecule has 21 heteroatoms. The molecule has 4 fully saturated rings. The second kappa shape index (κ2) is 21.8. The maximum atomic E-state index is 12.3. The van der Waals surface area contributed by atoms with Crippen LogP contribution >= 0.6 is 0 Å². The van der Waals surface area contributed by atoms with Gasteiger partial charge in [-0.05, 0) is 6.42 Å². The number of rotatable bonds is 20. The monoisotopic (exact) mass is 834 g/mol. The summed E-state index contributed by atoms with van der Waals surface area (Å²) >= 11 is 0. The summed E-state index contributed by atoms with van der Waals surface area (Å²) in [6.07, 6.45) is -29.6. The lowest BCUT2D eigenvalue weighted by Crippen LogP contribution is -2.87. The van der Waals surface area contributed by atoms with Crippen molar-refractivity contribution in [2.24, 2.45) is 0 Å². The molecule has 0 spiro atoms. The number of aliphatic hydroxyl groups is 15. The molecule has 21 nitrogen and oxygen atoms in total. The van der Waals surface area contributed by atoms with Crippen LogP contribution in [0, 0.1) is 0 Å². The summed E-state index contributed by atoms with van der Waals surface area (Å²) in [5.41, 5.74) is -3.13. The van der Waals surface area contributed by atoms with Crippen molar-refractivity contribution in [2.45, 2.75) is 193 Å². The van der Waals surface area contributed by atoms with Crippen molar-refractivity contribution in [3.05, 3.63) is 0 Å². The summed E-state index contributed by atoms with van der Waals surface area (Å²) in [6, 6.07) is 0. The number of aliphatic hydroxyl groups excluding tert-OH is 15. The highest BCUT2D eigenvalue weighted by molar-refractivity contribution is 5.22. The average molecular weight is 835 g/mol. The molecule has 0 radical (unpaired) electrons. The number of hydrogen-bond acceptors (Lipinski definition) is 21. The minimum atomic E-state index is -3.33. The van der Waals surface area contributed by atoms with Gasteiger partial charge in [0.1, 0.15) is 104 Å². The van der Waals surface area contributed by atoms with Gasteiger partial charge in [0.25, 0.3) is 0 Å². The number of hydrogen-bond donors (Lipinski definition) is 15. The van der Waals surface area contributed by atoms with E-state index >= 15 is 0 Å². The highest BCUT2D eigenvalue weighted by Crippen LogP contribution is 2.53. The fraction of sp³-hybridized carbons (Fsp3) is 1.00. The van der Waals surface area contributed by atoms with Crippen LogP contribution in [0.5, 0.6) is 0 Å². The maximum absolute atomic E-state index is 12.3. The Kier molecular flexibility index (Phi) is 18.7. The van der Waals surface area contributed by atoms with Crippen molar-refractivity contribution in [3.8, 4) is 0 Å². The molecule has 0 aliphatic carbocycles. The molecule has 4 aliphatic rings. The first-order chi connectivity index (χ1) is 27.1. The molecule has 57 heavy (non-hydrogen) atoms. The summed E-state index contributed by atoms with van der Waals surface area (Å²) in [6.45, 7) is -2.48. The van der Waals surface area contributed by atoms with Crippen molar-refractivity contribution in [3.63, 3.8) is 0 Å². The lowest BCUT2D eigenvalue weighted by atomic mass is 9.68. The summed E-state index contributed by atoms with van der Waals surface area (Å²) in [5.74, 6) is -3.33. The van der Waals surface area contributed by atoms with Crippen molar-refractivity contribution in [1.82, 2.24) is 0 Å². The Morgan fingerprint density at radius 1 is 0.439 bits per heavy atom. The van der Waals surface area contributed by atoms with Gasteiger partial charge in [-0.15, -0.1) is 0 Å². The van der Waals surface area contributed by atoms with Crippen LogP contribution in [0.4, 0.5) is 0 Å². The van der Waals surface area contributed by atoms with Gasteiger partial charge in [0, 0.05) is 6.61 Å². The minimum absolute atomic E-state index is 0.187. The molecule has 0 aromatic carbocycles. The topological polar surface area (TPSA) is 359 Å². The van der Waals surface area contributed by atoms with Crippen molar-refractivity contribution in [1.29, 1.82) is 0 Å². The molecular weight excluding hydrogens is 768 g/mol. The molecule has 0 unspecified atom stereocenters. The van der Waals surface area contributed by atoms with E-state index in [4.69, 9.17) is 28.4 Å². The van der Waals surface area contributed by atoms with Gasteiger partial charge >= 0.3 is 0 Å². The molecule has 15 N–H and O–H groups in total. The third-order valence-electron chi connectivity index (χ3n) is 11.8. The van der Waals surface area contributed by atoms with Gasteiger partial charge < -0.3 is 105 Å². The van der Waals surface area contributed by atoms with E-state index in [1.54, 1.807) is 0 Å². The zero-order valence-electron chi connectivity index (χ0n) is 32.2. The van der Waals surface area contributed by atoms with E-state index in [9.17, 15) is 76.6 Å². The van der Waals surface area contributed by atoms with E-state index in [-0.39, 0.29) is 6.42 Å². The van der Waals surface area contributed by atoms with Gasteiger partial charge in [0.2, 0.25) is 5.79 Å². The molecule has 0 aromatic rings. The summed E-state index contributed by atoms with van der Waals surface area (Å²) < 4.78 is 36.4. The van der Waals surface area contributed by atoms with E-state index in [0.717, 1.165) is 51.4 Å². The van der Waals surface area contributed by atoms with Gasteiger partial charge in [-0.2, -0.15) is 0 Å². The van der Waals surface area contributed by atoms with Crippen molar-refractivity contribution in [2.75, 3.05) is 33.0 Å². The average Bonchev–Trinajstić information content (AvgIpc) is 3.21. The van der Waals surface area contributed by atoms with Crippen molar-refractivity contribution >= 4 is 0 Å². The lowest BCUT2D eigenvalue weighted by molar-refractivity contribution is -0.500. The van der Waals surface area contributed by atoms with Crippen LogP contribution in [0.25, 0.3) is 0 Å². The Morgan fingerprint density at radius 2 is 0.860 bits per heavy atom. The van der Waals surface area contributed by atoms with E-state index in [2.05, 4.69) is 6.92 Å². The van der Waals surface area contributed by atoms with Crippen LogP contribution in [0.3, 0.4) is 0 Å². The number of ether oxygens (including phenoxy) is 6. The van der Waals surface area contributed by atoms with Gasteiger partial charge in [0.05, 0.1) is 26.4 Å². The maximum Gasteiger partial charge on any atom is 0.235 e. The Morgan fingerprint density at radius 3 is 1.35 bits per heavy atom. The minimum Gasteiger partial charge on any atom is -0.394 e. The SMILES string of the molecule is CCCCCCCCCCCCO[C@]1([C@@H]2O[C@H](CO)[C@@H](O)[C@H](O)[C@H]2O)[C@@H](O)[C@H](O)[C@@H](CO)O[C@@]1(O[C@H]1O[C@H](CO)[C@@H](O)[C@H](O)[C@H]1O)[C@H]1O[C@H](CO)[C@@H](O)[C@H](O)[C@H]1O. The number of unbranched alkanes of at least 4 members (excludes halogenated alkanes) is 9. The smallest absolute Gasteiger partial charge is 0.235 e. The predicted octanol–water partition coefficient (Wildman–Crippen LogP) is -6.03. The first-order valence-corrected chi connectivity index (χ1v) is 20.0. The van der Waals surface area contributed by atoms with Crippen LogP contribution in [-0.4, -0.2) is 231 Å². The van der Waals surface area contributed by atoms with E-state index in [1.807, 2.05) is 0 Å². The zero-order valence-corrected chi connectivity index (χ0v) is 32.2. The second-order valence-corrected chi connectivity index (χ2v) is 15.6. The third-order valence-corrected chi connectivity index (χ3v) is 11.8. The van der Waals surface area contributed by atoms with Gasteiger partial charge in [0.15, 0.2) is 11.9 Å². The third kappa shape index (κ3) is 9.79. The van der Waals surface area contributed by atoms with Crippen LogP contribution < -0.4 is 0 Å². The Bertz CT molecular complexity index is 1170. The van der Waals surface area contributed by atoms with E-state index < -0.39 is 154 Å². The Balaban J connectivity index is 1.90. The molecule has 4 saturated heterocycles. The molecule has 0 amide bonds. The predicted molar refractivity (Wildman–Crippen MR) is 190 cm³/mol. The van der Waals surface area contributed by atoms with E-state index in [1.165, 1.54) is 0 Å². The normalized spacial score (nSPS) is 46.9. The Labute approximate surface area is 330 Å². The first kappa shape index (κ1) is 48.8. The summed E-state index contributed by atoms with van der Waals surface area (Å²) in [7, 11) is 0. The molecule has 20 atom stereocenters. The Hall–Kier alpha value is -0.840. The van der Waals surface area contributed by atoms with E-state index in [0.29, 0.717) is 6.42 Å². The molecule has 0 aromatic heterocycles. The van der Waals surface area contributed by atoms with Gasteiger partial charge in [-0.25, -0.2) is 0 Å². The first-order valence-electron chi connectivity index (χ1n) is 20.0. The van der Waals surface area contributed by atoms with Crippen LogP contribution in [0.2, 0.25) is 0 Å². The molecule has 4 heterocycles. The molecule has 4 aliphatic heterocycles. The molecule has 0 bridgehead atoms. The molecular formula is C36H66O21. The van der Waals surface area contributed by atoms with Crippen molar-refractivity contribution < 1.29 is 105 Å². The fourth-order valence-electron chi connectivity index (χ4n) is 8.35. The van der Waals surface area contributed by atoms with Gasteiger partial charge in [-0.1, -0.05) is 64.7 Å². The standard InChI is InChI=1S/C36H66O21/c1-2-3-4-5-6-7-8-9-10-11-12-52-35(32-28(48)25(45)21(41)17(13-37)53-32)31(51)24(44)20(16-40)56-36(35,33-29(49)26(46)22(42)18(14-38)54-33)57-34-30(50)27(47)23(43)19(15-39)55-34/h17-34,37-51H,2-16H2,1H3/t17-,18-,19-,20-,21-,22-,23-,24-,25+,26+,27+,28-,29-,30-,31+,32-,33+,34-,35+,36-/m1/s1. The van der Waals surface area contributed by atoms with Crippen LogP contribution in [0.1, 0.15) is 71.1 Å². The summed E-state index contributed by atoms with van der Waals surface area (Å²) in [4.78, 5) is 0. The summed E-state index contributed by atoms with van der Waals surface area (Å²) in [5, 5.41) is 164. The zero-order chi connectivity index (χ0) is 42.2. The second-order valence-electron chi connectivity index (χ2n) is 15.6. The largest absolute Gasteiger partial charge is 0.394 e. The fourth-order valence-corrected chi connectivity index (χ4v) is 8.35. The van der Waals surface area contributed by atoms with Gasteiger partial charge in [-0.3, -0.25) is 0 Å². The molecule has 4 rings (SSSR count). The highest BCUT2D eigenvalue weighted by atomic mass is 16.8. The molecule has 0 saturated carbocycles. The highest BCUT2D eigenvalue weighted by Gasteiger charge is 2.78. The molecule has 336 valence electrons. The quantitative estimate of drug-likeness (QED) is 0.0508. The van der Waals surface area contributed by atoms with Crippen LogP contribution in [-0.2, 0) is 28.4 Å². The lowest BCUT2D eigenvalue weighted by Gasteiger charge is -2.65.